The van der Waals surface area contributed by atoms with E-state index in [1.807, 2.05) is 0 Å². The van der Waals surface area contributed by atoms with E-state index in [2.05, 4.69) is 4.72 Å². The van der Waals surface area contributed by atoms with Crippen molar-refractivity contribution in [2.45, 2.75) is 17.7 Å². The van der Waals surface area contributed by atoms with Crippen LogP contribution in [0.3, 0.4) is 0 Å². The number of carbonyl (C=O) groups is 1. The minimum Gasteiger partial charge on any atom is -0.312 e. The minimum atomic E-state index is -4.32. The Hall–Kier alpha value is -3.01. The monoisotopic (exact) mass is 379 g/mol. The maximum atomic E-state index is 13.2. The number of nitro benzene ring substituents is 1. The lowest BCUT2D eigenvalue weighted by Gasteiger charge is -2.17. The molecule has 1 saturated heterocycles. The van der Waals surface area contributed by atoms with Gasteiger partial charge in [0, 0.05) is 18.7 Å². The van der Waals surface area contributed by atoms with Gasteiger partial charge in [0.2, 0.25) is 5.91 Å². The number of nitrogens with one attached hydrogen (secondary N) is 1. The Kier molecular flexibility index (Phi) is 4.60. The van der Waals surface area contributed by atoms with E-state index in [9.17, 15) is 27.7 Å². The molecular formula is C16H14FN3O5S. The van der Waals surface area contributed by atoms with Crippen LogP contribution in [0.15, 0.2) is 47.4 Å². The largest absolute Gasteiger partial charge is 0.312 e. The second kappa shape index (κ2) is 6.71. The summed E-state index contributed by atoms with van der Waals surface area (Å²) in [7, 11) is -4.32. The summed E-state index contributed by atoms with van der Waals surface area (Å²) in [6.45, 7) is 0.540. The number of carbonyl (C=O) groups excluding carboxylic acids is 1. The van der Waals surface area contributed by atoms with Gasteiger partial charge in [0.25, 0.3) is 15.7 Å². The van der Waals surface area contributed by atoms with Gasteiger partial charge in [-0.3, -0.25) is 19.6 Å². The number of hydrogen-bond acceptors (Lipinski definition) is 5. The number of nitrogens with zero attached hydrogens (tertiary/aromatic N) is 2. The van der Waals surface area contributed by atoms with E-state index >= 15 is 0 Å². The molecule has 0 aliphatic carbocycles. The molecule has 1 N–H and O–H groups in total. The highest BCUT2D eigenvalue weighted by molar-refractivity contribution is 7.92. The molecule has 3 rings (SSSR count). The van der Waals surface area contributed by atoms with Crippen molar-refractivity contribution in [1.82, 2.24) is 0 Å². The van der Waals surface area contributed by atoms with Gasteiger partial charge < -0.3 is 4.90 Å². The summed E-state index contributed by atoms with van der Waals surface area (Å²) in [5.41, 5.74) is -0.189. The average molecular weight is 379 g/mol. The van der Waals surface area contributed by atoms with E-state index in [-0.39, 0.29) is 11.6 Å². The SMILES string of the molecule is O=C1CCCN1c1cccc(NS(=O)(=O)c2ccc(F)cc2[N+](=O)[O-])c1. The van der Waals surface area contributed by atoms with Crippen molar-refractivity contribution in [3.8, 4) is 0 Å². The highest BCUT2D eigenvalue weighted by atomic mass is 32.2. The fourth-order valence-corrected chi connectivity index (χ4v) is 3.93. The Balaban J connectivity index is 1.94. The van der Waals surface area contributed by atoms with Gasteiger partial charge in [0.15, 0.2) is 4.90 Å². The Morgan fingerprint density at radius 1 is 1.19 bits per heavy atom. The smallest absolute Gasteiger partial charge is 0.292 e. The fraction of sp³-hybridized carbons (Fsp3) is 0.188. The fourth-order valence-electron chi connectivity index (χ4n) is 2.73. The third kappa shape index (κ3) is 3.49. The lowest BCUT2D eigenvalue weighted by molar-refractivity contribution is -0.388. The predicted octanol–water partition coefficient (Wildman–Crippen LogP) is 2.66. The summed E-state index contributed by atoms with van der Waals surface area (Å²) < 4.78 is 40.5. The molecule has 0 bridgehead atoms. The van der Waals surface area contributed by atoms with Crippen molar-refractivity contribution in [2.24, 2.45) is 0 Å². The summed E-state index contributed by atoms with van der Waals surface area (Å²) in [6.07, 6.45) is 1.15. The molecule has 2 aromatic rings. The summed E-state index contributed by atoms with van der Waals surface area (Å²) in [6, 6.07) is 8.38. The topological polar surface area (TPSA) is 110 Å². The van der Waals surface area contributed by atoms with Crippen molar-refractivity contribution in [3.63, 3.8) is 0 Å². The van der Waals surface area contributed by atoms with Crippen LogP contribution in [0.4, 0.5) is 21.5 Å². The van der Waals surface area contributed by atoms with Crippen LogP contribution in [0.2, 0.25) is 0 Å². The van der Waals surface area contributed by atoms with Crippen LogP contribution in [0, 0.1) is 15.9 Å². The highest BCUT2D eigenvalue weighted by Gasteiger charge is 2.27. The van der Waals surface area contributed by atoms with Crippen LogP contribution >= 0.6 is 0 Å². The van der Waals surface area contributed by atoms with Crippen molar-refractivity contribution >= 4 is 33.0 Å². The molecule has 26 heavy (non-hydrogen) atoms. The van der Waals surface area contributed by atoms with Gasteiger partial charge in [-0.1, -0.05) is 6.07 Å². The molecule has 0 atom stereocenters. The lowest BCUT2D eigenvalue weighted by Crippen LogP contribution is -2.23. The average Bonchev–Trinajstić information content (AvgIpc) is 3.00. The quantitative estimate of drug-likeness (QED) is 0.634. The maximum Gasteiger partial charge on any atom is 0.292 e. The Morgan fingerprint density at radius 3 is 2.62 bits per heavy atom. The first kappa shape index (κ1) is 17.8. The first-order valence-electron chi connectivity index (χ1n) is 7.65. The molecule has 1 amide bonds. The minimum absolute atomic E-state index is 0.0563. The molecule has 0 spiro atoms. The van der Waals surface area contributed by atoms with Crippen LogP contribution in [-0.2, 0) is 14.8 Å². The zero-order valence-electron chi connectivity index (χ0n) is 13.4. The van der Waals surface area contributed by atoms with Gasteiger partial charge in [0.1, 0.15) is 5.82 Å². The van der Waals surface area contributed by atoms with Crippen molar-refractivity contribution in [2.75, 3.05) is 16.2 Å². The van der Waals surface area contributed by atoms with Crippen molar-refractivity contribution < 1.29 is 22.5 Å². The lowest BCUT2D eigenvalue weighted by atomic mass is 10.2. The van der Waals surface area contributed by atoms with E-state index in [0.29, 0.717) is 24.7 Å². The number of halogens is 1. The molecule has 8 nitrogen and oxygen atoms in total. The predicted molar refractivity (Wildman–Crippen MR) is 91.9 cm³/mol. The van der Waals surface area contributed by atoms with E-state index in [0.717, 1.165) is 18.6 Å². The molecule has 1 heterocycles. The summed E-state index contributed by atoms with van der Waals surface area (Å²) in [4.78, 5) is 22.8. The number of sulfonamides is 1. The number of anilines is 2. The molecule has 136 valence electrons. The van der Waals surface area contributed by atoms with E-state index in [1.165, 1.54) is 17.0 Å². The molecule has 0 unspecified atom stereocenters. The van der Waals surface area contributed by atoms with Gasteiger partial charge in [-0.05, 0) is 36.8 Å². The molecule has 1 fully saturated rings. The zero-order chi connectivity index (χ0) is 18.9. The molecule has 0 radical (unpaired) electrons. The molecule has 10 heteroatoms. The van der Waals surface area contributed by atoms with Crippen molar-refractivity contribution in [3.05, 3.63) is 58.4 Å². The summed E-state index contributed by atoms with van der Waals surface area (Å²) >= 11 is 0. The number of rotatable bonds is 5. The van der Waals surface area contributed by atoms with E-state index in [4.69, 9.17) is 0 Å². The highest BCUT2D eigenvalue weighted by Crippen LogP contribution is 2.29. The van der Waals surface area contributed by atoms with Gasteiger partial charge in [0.05, 0.1) is 16.7 Å². The molecule has 1 aliphatic rings. The van der Waals surface area contributed by atoms with Gasteiger partial charge in [-0.15, -0.1) is 0 Å². The van der Waals surface area contributed by atoms with Crippen molar-refractivity contribution in [1.29, 1.82) is 0 Å². The molecule has 1 aliphatic heterocycles. The first-order chi connectivity index (χ1) is 12.3. The third-order valence-electron chi connectivity index (χ3n) is 3.89. The van der Waals surface area contributed by atoms with Gasteiger partial charge >= 0.3 is 0 Å². The molecule has 0 aromatic heterocycles. The summed E-state index contributed by atoms with van der Waals surface area (Å²) in [5.74, 6) is -0.968. The van der Waals surface area contributed by atoms with E-state index < -0.39 is 31.3 Å². The Labute approximate surface area is 148 Å². The number of amides is 1. The Bertz CT molecular complexity index is 993. The second-order valence-electron chi connectivity index (χ2n) is 5.67. The molecule has 2 aromatic carbocycles. The second-order valence-corrected chi connectivity index (χ2v) is 7.32. The van der Waals surface area contributed by atoms with Gasteiger partial charge in [-0.2, -0.15) is 0 Å². The standard InChI is InChI=1S/C16H14FN3O5S/c17-11-6-7-15(14(9-11)20(22)23)26(24,25)18-12-3-1-4-13(10-12)19-8-2-5-16(19)21/h1,3-4,6-7,9-10,18H,2,5,8H2. The van der Waals surface area contributed by atoms with Crippen LogP contribution in [0.5, 0.6) is 0 Å². The molecule has 0 saturated carbocycles. The molecular weight excluding hydrogens is 365 g/mol. The van der Waals surface area contributed by atoms with Crippen LogP contribution in [-0.4, -0.2) is 25.8 Å². The number of benzene rings is 2. The first-order valence-corrected chi connectivity index (χ1v) is 9.13. The van der Waals surface area contributed by atoms with Crippen LogP contribution in [0.25, 0.3) is 0 Å². The normalized spacial score (nSPS) is 14.5. The number of nitro groups is 1. The van der Waals surface area contributed by atoms with E-state index in [1.54, 1.807) is 12.1 Å². The van der Waals surface area contributed by atoms with Crippen LogP contribution in [0.1, 0.15) is 12.8 Å². The summed E-state index contributed by atoms with van der Waals surface area (Å²) in [5, 5.41) is 11.0. The maximum absolute atomic E-state index is 13.2. The van der Waals surface area contributed by atoms with Crippen LogP contribution < -0.4 is 9.62 Å². The number of hydrogen-bond donors (Lipinski definition) is 1. The van der Waals surface area contributed by atoms with Gasteiger partial charge in [-0.25, -0.2) is 12.8 Å². The third-order valence-corrected chi connectivity index (χ3v) is 5.32. The zero-order valence-corrected chi connectivity index (χ0v) is 14.2. The Morgan fingerprint density at radius 2 is 1.96 bits per heavy atom.